The number of aromatic nitrogens is 3. The van der Waals surface area contributed by atoms with E-state index in [0.717, 1.165) is 72.0 Å². The highest BCUT2D eigenvalue weighted by atomic mass is 16.3. The van der Waals surface area contributed by atoms with E-state index in [9.17, 15) is 0 Å². The van der Waals surface area contributed by atoms with E-state index in [2.05, 4.69) is 164 Å². The Morgan fingerprint density at radius 1 is 0.273 bits per heavy atom. The maximum absolute atomic E-state index is 6.37. The highest BCUT2D eigenvalue weighted by Crippen LogP contribution is 2.37. The number of rotatable bonds is 7. The quantitative estimate of drug-likeness (QED) is 0.166. The zero-order valence-corrected chi connectivity index (χ0v) is 29.8. The predicted molar refractivity (Wildman–Crippen MR) is 225 cm³/mol. The van der Waals surface area contributed by atoms with Crippen LogP contribution in [0.5, 0.6) is 0 Å². The Morgan fingerprint density at radius 3 is 1.47 bits per heavy atom. The summed E-state index contributed by atoms with van der Waals surface area (Å²) in [6, 6.07) is 69.2. The van der Waals surface area contributed by atoms with Crippen LogP contribution in [0.3, 0.4) is 0 Å². The van der Waals surface area contributed by atoms with Gasteiger partial charge in [-0.3, -0.25) is 0 Å². The maximum Gasteiger partial charge on any atom is 0.164 e. The van der Waals surface area contributed by atoms with Crippen molar-refractivity contribution in [2.24, 2.45) is 0 Å². The van der Waals surface area contributed by atoms with Crippen LogP contribution in [-0.2, 0) is 0 Å². The van der Waals surface area contributed by atoms with E-state index in [1.807, 2.05) is 36.4 Å². The van der Waals surface area contributed by atoms with Gasteiger partial charge < -0.3 is 4.42 Å². The minimum absolute atomic E-state index is 0.604. The zero-order chi connectivity index (χ0) is 36.6. The Labute approximate surface area is 319 Å². The standard InChI is InChI=1S/C51H33N3O/c1-3-14-34(15-4-1)38-18-11-19-39(32-38)40-20-12-21-41(33-40)50-52-49(53-51(54-50)46-24-8-7-22-42(46)35-16-5-2-6-17-35)37-30-28-36(29-31-37)43-25-13-26-45-44-23-9-10-27-47(44)55-48(43)45/h1-33H. The molecular formula is C51H33N3O. The minimum atomic E-state index is 0.604. The van der Waals surface area contributed by atoms with Crippen molar-refractivity contribution >= 4 is 21.9 Å². The fraction of sp³-hybridized carbons (Fsp3) is 0. The second-order valence-corrected chi connectivity index (χ2v) is 13.6. The van der Waals surface area contributed by atoms with Crippen LogP contribution in [0.1, 0.15) is 0 Å². The van der Waals surface area contributed by atoms with Crippen LogP contribution >= 0.6 is 0 Å². The first kappa shape index (κ1) is 32.2. The van der Waals surface area contributed by atoms with Gasteiger partial charge in [0.05, 0.1) is 0 Å². The zero-order valence-electron chi connectivity index (χ0n) is 29.8. The van der Waals surface area contributed by atoms with Gasteiger partial charge in [-0.25, -0.2) is 15.0 Å². The lowest BCUT2D eigenvalue weighted by atomic mass is 9.97. The van der Waals surface area contributed by atoms with E-state index in [0.29, 0.717) is 17.5 Å². The molecule has 2 heterocycles. The molecule has 55 heavy (non-hydrogen) atoms. The van der Waals surface area contributed by atoms with Crippen molar-refractivity contribution in [2.45, 2.75) is 0 Å². The third-order valence-corrected chi connectivity index (χ3v) is 10.2. The molecule has 0 fully saturated rings. The van der Waals surface area contributed by atoms with Crippen LogP contribution < -0.4 is 0 Å². The van der Waals surface area contributed by atoms with Crippen molar-refractivity contribution in [1.29, 1.82) is 0 Å². The van der Waals surface area contributed by atoms with Gasteiger partial charge in [0, 0.05) is 33.0 Å². The molecule has 0 saturated heterocycles. The van der Waals surface area contributed by atoms with Crippen LogP contribution in [0.15, 0.2) is 205 Å². The van der Waals surface area contributed by atoms with Gasteiger partial charge in [-0.2, -0.15) is 0 Å². The third-order valence-electron chi connectivity index (χ3n) is 10.2. The Kier molecular flexibility index (Phi) is 8.12. The number of hydrogen-bond acceptors (Lipinski definition) is 4. The normalized spacial score (nSPS) is 11.3. The second-order valence-electron chi connectivity index (χ2n) is 13.6. The monoisotopic (exact) mass is 703 g/mol. The van der Waals surface area contributed by atoms with Crippen molar-refractivity contribution in [1.82, 2.24) is 15.0 Å². The molecule has 10 aromatic rings. The van der Waals surface area contributed by atoms with Gasteiger partial charge >= 0.3 is 0 Å². The van der Waals surface area contributed by atoms with Crippen LogP contribution in [0.25, 0.3) is 101 Å². The molecule has 258 valence electrons. The van der Waals surface area contributed by atoms with Gasteiger partial charge in [0.15, 0.2) is 17.5 Å². The predicted octanol–water partition coefficient (Wildman–Crippen LogP) is 13.4. The molecule has 0 aliphatic heterocycles. The molecular weight excluding hydrogens is 671 g/mol. The van der Waals surface area contributed by atoms with Gasteiger partial charge in [0.2, 0.25) is 0 Å². The minimum Gasteiger partial charge on any atom is -0.455 e. The number of benzene rings is 8. The highest BCUT2D eigenvalue weighted by molar-refractivity contribution is 6.09. The number of hydrogen-bond donors (Lipinski definition) is 0. The van der Waals surface area contributed by atoms with Gasteiger partial charge in [-0.1, -0.05) is 182 Å². The molecule has 0 aliphatic rings. The van der Waals surface area contributed by atoms with Gasteiger partial charge in [-0.05, 0) is 57.1 Å². The first-order valence-electron chi connectivity index (χ1n) is 18.4. The third kappa shape index (κ3) is 6.16. The number of fused-ring (bicyclic) bond motifs is 3. The molecule has 0 unspecified atom stereocenters. The van der Waals surface area contributed by atoms with E-state index in [-0.39, 0.29) is 0 Å². The topological polar surface area (TPSA) is 51.8 Å². The summed E-state index contributed by atoms with van der Waals surface area (Å²) in [5.74, 6) is 1.83. The van der Waals surface area contributed by atoms with Crippen molar-refractivity contribution in [3.63, 3.8) is 0 Å². The summed E-state index contributed by atoms with van der Waals surface area (Å²) in [5.41, 5.74) is 13.4. The van der Waals surface area contributed by atoms with Crippen LogP contribution in [-0.4, -0.2) is 15.0 Å². The summed E-state index contributed by atoms with van der Waals surface area (Å²) in [4.78, 5) is 15.5. The molecule has 0 aliphatic carbocycles. The number of para-hydroxylation sites is 2. The molecule has 4 heteroatoms. The molecule has 4 nitrogen and oxygen atoms in total. The Balaban J connectivity index is 1.09. The molecule has 0 radical (unpaired) electrons. The van der Waals surface area contributed by atoms with E-state index in [1.54, 1.807) is 0 Å². The molecule has 0 spiro atoms. The number of nitrogens with zero attached hydrogens (tertiary/aromatic N) is 3. The van der Waals surface area contributed by atoms with Crippen molar-refractivity contribution in [3.05, 3.63) is 200 Å². The molecule has 0 amide bonds. The largest absolute Gasteiger partial charge is 0.455 e. The lowest BCUT2D eigenvalue weighted by molar-refractivity contribution is 0.670. The first-order chi connectivity index (χ1) is 27.2. The second kappa shape index (κ2) is 13.8. The molecule has 8 aromatic carbocycles. The van der Waals surface area contributed by atoms with E-state index < -0.39 is 0 Å². The van der Waals surface area contributed by atoms with Crippen molar-refractivity contribution in [2.75, 3.05) is 0 Å². The molecule has 0 atom stereocenters. The smallest absolute Gasteiger partial charge is 0.164 e. The molecule has 0 saturated carbocycles. The highest BCUT2D eigenvalue weighted by Gasteiger charge is 2.17. The van der Waals surface area contributed by atoms with E-state index in [1.165, 1.54) is 11.1 Å². The maximum atomic E-state index is 6.37. The fourth-order valence-corrected chi connectivity index (χ4v) is 7.42. The average molecular weight is 704 g/mol. The van der Waals surface area contributed by atoms with Gasteiger partial charge in [0.1, 0.15) is 11.2 Å². The van der Waals surface area contributed by atoms with Gasteiger partial charge in [0.25, 0.3) is 0 Å². The summed E-state index contributed by atoms with van der Waals surface area (Å²) in [6.45, 7) is 0. The van der Waals surface area contributed by atoms with Gasteiger partial charge in [-0.15, -0.1) is 0 Å². The Hall–Kier alpha value is -7.43. The summed E-state index contributed by atoms with van der Waals surface area (Å²) in [7, 11) is 0. The summed E-state index contributed by atoms with van der Waals surface area (Å²) < 4.78 is 6.37. The van der Waals surface area contributed by atoms with Crippen LogP contribution in [0.4, 0.5) is 0 Å². The van der Waals surface area contributed by atoms with Crippen molar-refractivity contribution in [3.8, 4) is 78.7 Å². The molecule has 10 rings (SSSR count). The van der Waals surface area contributed by atoms with E-state index in [4.69, 9.17) is 19.4 Å². The fourth-order valence-electron chi connectivity index (χ4n) is 7.42. The van der Waals surface area contributed by atoms with E-state index >= 15 is 0 Å². The summed E-state index contributed by atoms with van der Waals surface area (Å²) in [5, 5.41) is 2.22. The SMILES string of the molecule is c1ccc(-c2cccc(-c3cccc(-c4nc(-c5ccc(-c6cccc7c6oc6ccccc67)cc5)nc(-c5ccccc5-c5ccccc5)n4)c3)c2)cc1. The Bertz CT molecular complexity index is 2970. The molecule has 0 bridgehead atoms. The van der Waals surface area contributed by atoms with Crippen LogP contribution in [0.2, 0.25) is 0 Å². The average Bonchev–Trinajstić information content (AvgIpc) is 3.66. The lowest BCUT2D eigenvalue weighted by Crippen LogP contribution is -2.01. The van der Waals surface area contributed by atoms with Crippen LogP contribution in [0, 0.1) is 0 Å². The molecule has 0 N–H and O–H groups in total. The number of furan rings is 1. The molecule has 2 aromatic heterocycles. The summed E-state index contributed by atoms with van der Waals surface area (Å²) >= 11 is 0. The Morgan fingerprint density at radius 2 is 0.727 bits per heavy atom. The van der Waals surface area contributed by atoms with Crippen molar-refractivity contribution < 1.29 is 4.42 Å². The summed E-state index contributed by atoms with van der Waals surface area (Å²) in [6.07, 6.45) is 0. The lowest BCUT2D eigenvalue weighted by Gasteiger charge is -2.13. The first-order valence-corrected chi connectivity index (χ1v) is 18.4.